The Balaban J connectivity index is 1.24. The van der Waals surface area contributed by atoms with E-state index in [0.717, 1.165) is 23.5 Å². The molecule has 7 nitrogen and oxygen atoms in total. The summed E-state index contributed by atoms with van der Waals surface area (Å²) >= 11 is 1.72. The van der Waals surface area contributed by atoms with Crippen molar-refractivity contribution in [2.24, 2.45) is 0 Å². The van der Waals surface area contributed by atoms with Crippen molar-refractivity contribution in [1.29, 1.82) is 0 Å². The molecular weight excluding hydrogens is 522 g/mol. The normalized spacial score (nSPS) is 24.6. The number of aliphatic hydroxyl groups is 1. The van der Waals surface area contributed by atoms with Crippen LogP contribution in [0.2, 0.25) is 0 Å². The summed E-state index contributed by atoms with van der Waals surface area (Å²) < 4.78 is 5.50. The molecule has 1 aromatic carbocycles. The van der Waals surface area contributed by atoms with Gasteiger partial charge in [0.15, 0.2) is 0 Å². The number of benzene rings is 1. The number of β-amino-alcohol motifs (C(OH)–C–C–N with tert-alkyl or cyclic N) is 1. The first-order valence-electron chi connectivity index (χ1n) is 14.7. The highest BCUT2D eigenvalue weighted by atomic mass is 32.1. The highest BCUT2D eigenvalue weighted by Crippen LogP contribution is 2.47. The van der Waals surface area contributed by atoms with Gasteiger partial charge in [-0.1, -0.05) is 39.8 Å². The maximum Gasteiger partial charge on any atom is 0.411 e. The number of fused-ring (bicyclic) bond motifs is 1. The van der Waals surface area contributed by atoms with E-state index in [1.807, 2.05) is 4.90 Å². The fourth-order valence-corrected chi connectivity index (χ4v) is 7.48. The number of likely N-dealkylation sites (tertiary alicyclic amines) is 2. The number of carbonyl (C=O) groups is 2. The lowest BCUT2D eigenvalue weighted by Crippen LogP contribution is -2.50. The van der Waals surface area contributed by atoms with E-state index >= 15 is 0 Å². The number of hydrogen-bond acceptors (Lipinski definition) is 6. The van der Waals surface area contributed by atoms with Crippen LogP contribution in [0.25, 0.3) is 11.3 Å². The summed E-state index contributed by atoms with van der Waals surface area (Å²) in [6.45, 7) is 16.2. The molecule has 5 rings (SSSR count). The SMILES string of the molecule is CC(C)(C)OC(=O)N1C[C@H](O)C[C@@H]1C(=O)N1CCC(c2nc(-c3ccc4c(c3)C(C)(C)CCC4(C)C)cs2)CC1. The van der Waals surface area contributed by atoms with Crippen molar-refractivity contribution in [2.45, 2.75) is 115 Å². The zero-order chi connectivity index (χ0) is 29.0. The Morgan fingerprint density at radius 2 is 1.70 bits per heavy atom. The van der Waals surface area contributed by atoms with Crippen LogP contribution in [0, 0.1) is 0 Å². The van der Waals surface area contributed by atoms with Gasteiger partial charge in [0.1, 0.15) is 11.6 Å². The topological polar surface area (TPSA) is 83.0 Å². The first-order chi connectivity index (χ1) is 18.6. The maximum absolute atomic E-state index is 13.4. The van der Waals surface area contributed by atoms with Crippen molar-refractivity contribution in [2.75, 3.05) is 19.6 Å². The third-order valence-electron chi connectivity index (χ3n) is 9.02. The summed E-state index contributed by atoms with van der Waals surface area (Å²) in [6, 6.07) is 6.23. The van der Waals surface area contributed by atoms with Crippen molar-refractivity contribution < 1.29 is 19.4 Å². The molecular formula is C32H45N3O4S. The van der Waals surface area contributed by atoms with Gasteiger partial charge in [0.25, 0.3) is 0 Å². The molecule has 2 aromatic rings. The second kappa shape index (κ2) is 10.4. The van der Waals surface area contributed by atoms with Gasteiger partial charge in [-0.2, -0.15) is 0 Å². The molecule has 0 spiro atoms. The maximum atomic E-state index is 13.4. The number of aliphatic hydroxyl groups excluding tert-OH is 1. The lowest BCUT2D eigenvalue weighted by Gasteiger charge is -2.42. The molecule has 3 aliphatic rings. The number of thiazole rings is 1. The number of ether oxygens (including phenoxy) is 1. The molecule has 0 unspecified atom stereocenters. The van der Waals surface area contributed by atoms with Crippen LogP contribution in [0.1, 0.15) is 103 Å². The first-order valence-corrected chi connectivity index (χ1v) is 15.6. The van der Waals surface area contributed by atoms with Crippen LogP contribution in [-0.4, -0.2) is 69.3 Å². The van der Waals surface area contributed by atoms with Crippen LogP contribution in [0.5, 0.6) is 0 Å². The molecule has 2 fully saturated rings. The molecule has 3 heterocycles. The Morgan fingerprint density at radius 1 is 1.05 bits per heavy atom. The van der Waals surface area contributed by atoms with E-state index < -0.39 is 23.8 Å². The van der Waals surface area contributed by atoms with E-state index in [4.69, 9.17) is 9.72 Å². The molecule has 1 aromatic heterocycles. The molecule has 2 saturated heterocycles. The Kier molecular flexibility index (Phi) is 7.58. The van der Waals surface area contributed by atoms with Crippen molar-refractivity contribution >= 4 is 23.3 Å². The van der Waals surface area contributed by atoms with Gasteiger partial charge in [0, 0.05) is 36.4 Å². The van der Waals surface area contributed by atoms with Crippen molar-refractivity contribution in [3.8, 4) is 11.3 Å². The number of carbonyl (C=O) groups excluding carboxylic acids is 2. The summed E-state index contributed by atoms with van der Waals surface area (Å²) in [5.41, 5.74) is 4.82. The van der Waals surface area contributed by atoms with Gasteiger partial charge in [-0.25, -0.2) is 9.78 Å². The van der Waals surface area contributed by atoms with Gasteiger partial charge in [0.05, 0.1) is 23.4 Å². The van der Waals surface area contributed by atoms with Crippen molar-refractivity contribution in [3.63, 3.8) is 0 Å². The van der Waals surface area contributed by atoms with Crippen LogP contribution >= 0.6 is 11.3 Å². The van der Waals surface area contributed by atoms with Crippen LogP contribution in [0.15, 0.2) is 23.6 Å². The minimum Gasteiger partial charge on any atom is -0.444 e. The zero-order valence-electron chi connectivity index (χ0n) is 25.1. The molecule has 0 saturated carbocycles. The first kappa shape index (κ1) is 29.1. The zero-order valence-corrected chi connectivity index (χ0v) is 25.9. The largest absolute Gasteiger partial charge is 0.444 e. The lowest BCUT2D eigenvalue weighted by atomic mass is 9.63. The van der Waals surface area contributed by atoms with E-state index in [9.17, 15) is 14.7 Å². The van der Waals surface area contributed by atoms with E-state index in [-0.39, 0.29) is 29.7 Å². The smallest absolute Gasteiger partial charge is 0.411 e. The highest BCUT2D eigenvalue weighted by Gasteiger charge is 2.43. The number of hydrogen-bond donors (Lipinski definition) is 1. The van der Waals surface area contributed by atoms with Gasteiger partial charge in [0.2, 0.25) is 5.91 Å². The average Bonchev–Trinajstić information content (AvgIpc) is 3.53. The Labute approximate surface area is 242 Å². The molecule has 2 aliphatic heterocycles. The Hall–Kier alpha value is -2.45. The summed E-state index contributed by atoms with van der Waals surface area (Å²) in [5, 5.41) is 13.5. The molecule has 2 amide bonds. The minimum absolute atomic E-state index is 0.0970. The van der Waals surface area contributed by atoms with Gasteiger partial charge in [-0.3, -0.25) is 9.69 Å². The van der Waals surface area contributed by atoms with Gasteiger partial charge >= 0.3 is 6.09 Å². The minimum atomic E-state index is -0.715. The number of rotatable bonds is 3. The van der Waals surface area contributed by atoms with Gasteiger partial charge in [-0.15, -0.1) is 11.3 Å². The predicted molar refractivity (Wildman–Crippen MR) is 159 cm³/mol. The Bertz CT molecular complexity index is 1270. The van der Waals surface area contributed by atoms with Crippen LogP contribution in [-0.2, 0) is 20.4 Å². The molecule has 0 bridgehead atoms. The molecule has 0 radical (unpaired) electrons. The van der Waals surface area contributed by atoms with Crippen molar-refractivity contribution in [1.82, 2.24) is 14.8 Å². The van der Waals surface area contributed by atoms with E-state index in [1.54, 1.807) is 32.1 Å². The molecule has 1 N–H and O–H groups in total. The van der Waals surface area contributed by atoms with E-state index in [2.05, 4.69) is 51.3 Å². The Morgan fingerprint density at radius 3 is 2.35 bits per heavy atom. The van der Waals surface area contributed by atoms with Crippen molar-refractivity contribution in [3.05, 3.63) is 39.7 Å². The summed E-state index contributed by atoms with van der Waals surface area (Å²) in [4.78, 5) is 34.5. The predicted octanol–water partition coefficient (Wildman–Crippen LogP) is 6.24. The van der Waals surface area contributed by atoms with Gasteiger partial charge < -0.3 is 14.7 Å². The van der Waals surface area contributed by atoms with Crippen LogP contribution in [0.3, 0.4) is 0 Å². The number of amides is 2. The summed E-state index contributed by atoms with van der Waals surface area (Å²) in [7, 11) is 0. The molecule has 40 heavy (non-hydrogen) atoms. The average molecular weight is 568 g/mol. The molecule has 8 heteroatoms. The standard InChI is InChI=1S/C32H45N3O4S/c1-30(2,3)39-29(38)35-18-22(36)17-26(35)28(37)34-14-10-20(11-15-34)27-33-25(19-40-27)21-8-9-23-24(16-21)32(6,7)13-12-31(23,4)5/h8-9,16,19-20,22,26,36H,10-15,17-18H2,1-7H3/t22-,26-/m1/s1. The van der Waals surface area contributed by atoms with Crippen LogP contribution in [0.4, 0.5) is 4.79 Å². The molecule has 1 aliphatic carbocycles. The quantitative estimate of drug-likeness (QED) is 0.475. The fourth-order valence-electron chi connectivity index (χ4n) is 6.48. The summed E-state index contributed by atoms with van der Waals surface area (Å²) in [5.74, 6) is 0.215. The van der Waals surface area contributed by atoms with E-state index in [0.29, 0.717) is 19.0 Å². The van der Waals surface area contributed by atoms with Crippen LogP contribution < -0.4 is 0 Å². The number of piperidine rings is 1. The molecule has 2 atom stereocenters. The third-order valence-corrected chi connectivity index (χ3v) is 10.0. The monoisotopic (exact) mass is 567 g/mol. The highest BCUT2D eigenvalue weighted by molar-refractivity contribution is 7.10. The third kappa shape index (κ3) is 5.80. The summed E-state index contributed by atoms with van der Waals surface area (Å²) in [6.07, 6.45) is 3.06. The lowest BCUT2D eigenvalue weighted by molar-refractivity contribution is -0.137. The van der Waals surface area contributed by atoms with E-state index in [1.165, 1.54) is 34.4 Å². The second-order valence-electron chi connectivity index (χ2n) is 14.2. The number of aromatic nitrogens is 1. The second-order valence-corrected chi connectivity index (χ2v) is 15.1. The fraction of sp³-hybridized carbons (Fsp3) is 0.656. The number of nitrogens with zero attached hydrogens (tertiary/aromatic N) is 3. The van der Waals surface area contributed by atoms with Gasteiger partial charge in [-0.05, 0) is 74.5 Å². The molecule has 218 valence electrons.